The molecular weight excluding hydrogens is 266 g/mol. The molecule has 1 fully saturated rings. The van der Waals surface area contributed by atoms with Crippen molar-refractivity contribution >= 4 is 0 Å². The summed E-state index contributed by atoms with van der Waals surface area (Å²) in [7, 11) is 1.69. The molecule has 1 heterocycles. The van der Waals surface area contributed by atoms with Crippen molar-refractivity contribution in [2.75, 3.05) is 7.11 Å². The molecule has 1 aliphatic carbocycles. The Hall–Kier alpha value is -1.88. The van der Waals surface area contributed by atoms with E-state index in [4.69, 9.17) is 15.0 Å². The average Bonchev–Trinajstić information content (AvgIpc) is 2.93. The van der Waals surface area contributed by atoms with Gasteiger partial charge in [0, 0.05) is 6.42 Å². The van der Waals surface area contributed by atoms with E-state index < -0.39 is 0 Å². The zero-order chi connectivity index (χ0) is 14.9. The first kappa shape index (κ1) is 14.1. The minimum Gasteiger partial charge on any atom is -0.496 e. The van der Waals surface area contributed by atoms with Crippen molar-refractivity contribution in [2.45, 2.75) is 44.1 Å². The van der Waals surface area contributed by atoms with Crippen LogP contribution in [0.2, 0.25) is 0 Å². The Morgan fingerprint density at radius 1 is 1.38 bits per heavy atom. The fourth-order valence-electron chi connectivity index (χ4n) is 2.77. The number of benzene rings is 1. The van der Waals surface area contributed by atoms with Crippen molar-refractivity contribution in [3.63, 3.8) is 0 Å². The first-order valence-corrected chi connectivity index (χ1v) is 7.37. The lowest BCUT2D eigenvalue weighted by Crippen LogP contribution is -2.44. The topological polar surface area (TPSA) is 74.2 Å². The van der Waals surface area contributed by atoms with Crippen LogP contribution in [0.5, 0.6) is 5.75 Å². The second-order valence-corrected chi connectivity index (χ2v) is 5.87. The van der Waals surface area contributed by atoms with Gasteiger partial charge in [0.05, 0.1) is 12.6 Å². The summed E-state index contributed by atoms with van der Waals surface area (Å²) >= 11 is 0. The average molecular weight is 287 g/mol. The molecule has 1 saturated carbocycles. The summed E-state index contributed by atoms with van der Waals surface area (Å²) in [6.07, 6.45) is 3.70. The van der Waals surface area contributed by atoms with Gasteiger partial charge in [-0.25, -0.2) is 0 Å². The van der Waals surface area contributed by atoms with Crippen molar-refractivity contribution < 1.29 is 9.26 Å². The van der Waals surface area contributed by atoms with E-state index in [0.717, 1.165) is 30.6 Å². The van der Waals surface area contributed by atoms with Crippen molar-refractivity contribution in [1.82, 2.24) is 10.1 Å². The molecule has 112 valence electrons. The molecule has 0 saturated heterocycles. The van der Waals surface area contributed by atoms with Gasteiger partial charge in [-0.2, -0.15) is 4.98 Å². The zero-order valence-corrected chi connectivity index (χ0v) is 12.5. The molecule has 5 heteroatoms. The third-order valence-electron chi connectivity index (χ3n) is 4.31. The fraction of sp³-hybridized carbons (Fsp3) is 0.500. The largest absolute Gasteiger partial charge is 0.496 e. The molecule has 1 atom stereocenters. The first-order chi connectivity index (χ1) is 10.1. The number of ether oxygens (including phenoxy) is 1. The quantitative estimate of drug-likeness (QED) is 0.915. The van der Waals surface area contributed by atoms with Crippen LogP contribution in [-0.4, -0.2) is 17.3 Å². The van der Waals surface area contributed by atoms with Gasteiger partial charge >= 0.3 is 0 Å². The van der Waals surface area contributed by atoms with Crippen LogP contribution in [0.1, 0.15) is 49.4 Å². The van der Waals surface area contributed by atoms with E-state index in [2.05, 4.69) is 23.1 Å². The van der Waals surface area contributed by atoms with Crippen LogP contribution in [0.15, 0.2) is 28.8 Å². The summed E-state index contributed by atoms with van der Waals surface area (Å²) in [6.45, 7) is 2.13. The van der Waals surface area contributed by atoms with Crippen molar-refractivity contribution in [2.24, 2.45) is 5.73 Å². The van der Waals surface area contributed by atoms with E-state index in [1.807, 2.05) is 18.2 Å². The molecule has 2 N–H and O–H groups in total. The monoisotopic (exact) mass is 287 g/mol. The SMILES string of the molecule is COc1ccccc1C(C)Cc1nc(C2(N)CCC2)no1. The van der Waals surface area contributed by atoms with Crippen molar-refractivity contribution in [3.05, 3.63) is 41.5 Å². The summed E-state index contributed by atoms with van der Waals surface area (Å²) in [4.78, 5) is 4.48. The second kappa shape index (κ2) is 5.48. The number of nitrogens with two attached hydrogens (primary N) is 1. The predicted molar refractivity (Wildman–Crippen MR) is 79.1 cm³/mol. The lowest BCUT2D eigenvalue weighted by Gasteiger charge is -2.34. The van der Waals surface area contributed by atoms with Gasteiger partial charge in [0.15, 0.2) is 5.82 Å². The third-order valence-corrected chi connectivity index (χ3v) is 4.31. The normalized spacial score (nSPS) is 18.0. The molecule has 0 amide bonds. The molecule has 1 aromatic heterocycles. The van der Waals surface area contributed by atoms with E-state index in [0.29, 0.717) is 18.1 Å². The van der Waals surface area contributed by atoms with Crippen molar-refractivity contribution in [1.29, 1.82) is 0 Å². The number of rotatable bonds is 5. The Kier molecular flexibility index (Phi) is 3.68. The number of hydrogen-bond acceptors (Lipinski definition) is 5. The van der Waals surface area contributed by atoms with Crippen LogP contribution in [0.4, 0.5) is 0 Å². The highest BCUT2D eigenvalue weighted by Gasteiger charge is 2.39. The Morgan fingerprint density at radius 3 is 2.81 bits per heavy atom. The van der Waals surface area contributed by atoms with Crippen molar-refractivity contribution in [3.8, 4) is 5.75 Å². The van der Waals surface area contributed by atoms with Crippen LogP contribution >= 0.6 is 0 Å². The summed E-state index contributed by atoms with van der Waals surface area (Å²) < 4.78 is 10.8. The lowest BCUT2D eigenvalue weighted by molar-refractivity contribution is 0.229. The minimum absolute atomic E-state index is 0.240. The van der Waals surface area contributed by atoms with Crippen LogP contribution < -0.4 is 10.5 Å². The number of hydrogen-bond donors (Lipinski definition) is 1. The maximum atomic E-state index is 6.22. The molecule has 1 aromatic carbocycles. The molecule has 5 nitrogen and oxygen atoms in total. The van der Waals surface area contributed by atoms with Gasteiger partial charge in [-0.15, -0.1) is 0 Å². The molecule has 0 aliphatic heterocycles. The number of aromatic nitrogens is 2. The van der Waals surface area contributed by atoms with E-state index in [9.17, 15) is 0 Å². The van der Waals surface area contributed by atoms with Crippen LogP contribution in [0.25, 0.3) is 0 Å². The van der Waals surface area contributed by atoms with E-state index >= 15 is 0 Å². The van der Waals surface area contributed by atoms with Gasteiger partial charge in [0.25, 0.3) is 0 Å². The molecule has 1 unspecified atom stereocenters. The van der Waals surface area contributed by atoms with Crippen LogP contribution in [-0.2, 0) is 12.0 Å². The predicted octanol–water partition coefficient (Wildman–Crippen LogP) is 2.76. The lowest BCUT2D eigenvalue weighted by atomic mass is 9.77. The highest BCUT2D eigenvalue weighted by Crippen LogP contribution is 2.37. The molecular formula is C16H21N3O2. The van der Waals surface area contributed by atoms with Gasteiger partial charge in [0.2, 0.25) is 5.89 Å². The standard InChI is InChI=1S/C16H21N3O2/c1-11(12-6-3-4-7-13(12)20-2)10-14-18-15(19-21-14)16(17)8-5-9-16/h3-4,6-7,11H,5,8-10,17H2,1-2H3. The molecule has 21 heavy (non-hydrogen) atoms. The highest BCUT2D eigenvalue weighted by atomic mass is 16.5. The second-order valence-electron chi connectivity index (χ2n) is 5.87. The van der Waals surface area contributed by atoms with E-state index in [1.165, 1.54) is 0 Å². The fourth-order valence-corrected chi connectivity index (χ4v) is 2.77. The van der Waals surface area contributed by atoms with Gasteiger partial charge < -0.3 is 15.0 Å². The Bertz CT molecular complexity index is 619. The van der Waals surface area contributed by atoms with E-state index in [-0.39, 0.29) is 11.5 Å². The summed E-state index contributed by atoms with van der Waals surface area (Å²) in [5.74, 6) is 2.42. The summed E-state index contributed by atoms with van der Waals surface area (Å²) in [5, 5.41) is 4.06. The smallest absolute Gasteiger partial charge is 0.227 e. The van der Waals surface area contributed by atoms with Crippen LogP contribution in [0.3, 0.4) is 0 Å². The van der Waals surface area contributed by atoms with Gasteiger partial charge in [-0.1, -0.05) is 30.3 Å². The summed E-state index contributed by atoms with van der Waals surface area (Å²) in [6, 6.07) is 8.01. The molecule has 0 radical (unpaired) electrons. The van der Waals surface area contributed by atoms with Gasteiger partial charge in [-0.3, -0.25) is 0 Å². The highest BCUT2D eigenvalue weighted by molar-refractivity contribution is 5.36. The minimum atomic E-state index is -0.366. The Morgan fingerprint density at radius 2 is 2.14 bits per heavy atom. The molecule has 3 rings (SSSR count). The van der Waals surface area contributed by atoms with Gasteiger partial charge in [-0.05, 0) is 36.8 Å². The third kappa shape index (κ3) is 2.65. The van der Waals surface area contributed by atoms with Gasteiger partial charge in [0.1, 0.15) is 5.75 Å². The molecule has 0 bridgehead atoms. The molecule has 2 aromatic rings. The van der Waals surface area contributed by atoms with E-state index in [1.54, 1.807) is 7.11 Å². The maximum absolute atomic E-state index is 6.22. The number of nitrogens with zero attached hydrogens (tertiary/aromatic N) is 2. The Balaban J connectivity index is 1.74. The summed E-state index contributed by atoms with van der Waals surface area (Å²) in [5.41, 5.74) is 7.00. The molecule has 0 spiro atoms. The van der Waals surface area contributed by atoms with Crippen LogP contribution in [0, 0.1) is 0 Å². The first-order valence-electron chi connectivity index (χ1n) is 7.37. The molecule has 1 aliphatic rings. The maximum Gasteiger partial charge on any atom is 0.227 e. The number of para-hydroxylation sites is 1. The Labute approximate surface area is 124 Å². The number of methoxy groups -OCH3 is 1. The zero-order valence-electron chi connectivity index (χ0n) is 12.5.